The fourth-order valence-corrected chi connectivity index (χ4v) is 6.49. The number of hydrogen-bond acceptors (Lipinski definition) is 9. The first-order valence-corrected chi connectivity index (χ1v) is 15.7. The highest BCUT2D eigenvalue weighted by Gasteiger charge is 2.45. The van der Waals surface area contributed by atoms with Gasteiger partial charge in [0.25, 0.3) is 0 Å². The quantitative estimate of drug-likeness (QED) is 0.215. The largest absolute Gasteiger partial charge is 0.496 e. The van der Waals surface area contributed by atoms with Crippen molar-refractivity contribution >= 4 is 51.5 Å². The van der Waals surface area contributed by atoms with Crippen molar-refractivity contribution in [2.24, 2.45) is 11.1 Å². The van der Waals surface area contributed by atoms with Gasteiger partial charge in [-0.3, -0.25) is 9.59 Å². The molecule has 10 nitrogen and oxygen atoms in total. The average Bonchev–Trinajstić information content (AvgIpc) is 3.71. The zero-order valence-corrected chi connectivity index (χ0v) is 27.5. The Morgan fingerprint density at radius 3 is 2.55 bits per heavy atom. The highest BCUT2D eigenvalue weighted by molar-refractivity contribution is 7.13. The lowest BCUT2D eigenvalue weighted by Crippen LogP contribution is -2.53. The number of amides is 2. The summed E-state index contributed by atoms with van der Waals surface area (Å²) in [4.78, 5) is 38.0. The zero-order valence-electron chi connectivity index (χ0n) is 25.9. The van der Waals surface area contributed by atoms with Crippen molar-refractivity contribution in [3.05, 3.63) is 52.2 Å². The van der Waals surface area contributed by atoms with Crippen LogP contribution in [0.1, 0.15) is 58.2 Å². The van der Waals surface area contributed by atoms with E-state index in [9.17, 15) is 9.59 Å². The Labute approximate surface area is 265 Å². The molecule has 2 amide bonds. The number of nitrogens with one attached hydrogen (secondary N) is 1. The second-order valence-electron chi connectivity index (χ2n) is 12.5. The maximum atomic E-state index is 14.1. The summed E-state index contributed by atoms with van der Waals surface area (Å²) in [6.45, 7) is 12.1. The van der Waals surface area contributed by atoms with Gasteiger partial charge in [0.2, 0.25) is 17.7 Å². The lowest BCUT2D eigenvalue weighted by molar-refractivity contribution is -0.139. The molecule has 1 aliphatic rings. The molecule has 4 aromatic rings. The lowest BCUT2D eigenvalue weighted by Gasteiger charge is -2.35. The van der Waals surface area contributed by atoms with Gasteiger partial charge in [0.15, 0.2) is 0 Å². The van der Waals surface area contributed by atoms with E-state index in [1.165, 1.54) is 22.5 Å². The van der Waals surface area contributed by atoms with Gasteiger partial charge in [-0.25, -0.2) is 9.97 Å². The van der Waals surface area contributed by atoms with Crippen molar-refractivity contribution in [2.75, 3.05) is 19.0 Å². The van der Waals surface area contributed by atoms with E-state index in [-0.39, 0.29) is 30.7 Å². The number of pyridine rings is 1. The number of fused-ring (bicyclic) bond motifs is 1. The number of aromatic nitrogens is 2. The molecular weight excluding hydrogens is 602 g/mol. The van der Waals surface area contributed by atoms with Crippen LogP contribution in [0.3, 0.4) is 0 Å². The maximum absolute atomic E-state index is 14.1. The van der Waals surface area contributed by atoms with E-state index < -0.39 is 29.5 Å². The number of rotatable bonds is 9. The number of carbonyl (C=O) groups is 2. The van der Waals surface area contributed by atoms with E-state index in [0.29, 0.717) is 22.2 Å². The molecule has 3 aromatic heterocycles. The first kappa shape index (κ1) is 31.6. The molecule has 0 saturated carbocycles. The standard InChI is InChI=1S/C32H38ClN5O5S/c1-16(2)22-15-44-30(36-22)21-13-25(19-8-9-24(41-7)17(3)26(19)35-21)43-18-12-23(28(34)39)38(14-18)31(40)27(32(4,5)6)37-29-20(33)10-11-42-29/h8-11,13,15-16,18,23,27,37H,12,14H2,1-7H3,(H2,34,39). The number of methoxy groups -OCH3 is 1. The molecule has 0 bridgehead atoms. The summed E-state index contributed by atoms with van der Waals surface area (Å²) >= 11 is 7.78. The van der Waals surface area contributed by atoms with Crippen LogP contribution in [0.25, 0.3) is 21.6 Å². The number of thiazole rings is 1. The van der Waals surface area contributed by atoms with Gasteiger partial charge in [0, 0.05) is 28.8 Å². The highest BCUT2D eigenvalue weighted by atomic mass is 35.5. The molecule has 1 aliphatic heterocycles. The Morgan fingerprint density at radius 2 is 1.95 bits per heavy atom. The van der Waals surface area contributed by atoms with Gasteiger partial charge in [-0.15, -0.1) is 11.3 Å². The van der Waals surface area contributed by atoms with Crippen molar-refractivity contribution in [2.45, 2.75) is 72.1 Å². The van der Waals surface area contributed by atoms with Crippen LogP contribution in [0.2, 0.25) is 5.02 Å². The molecule has 0 spiro atoms. The number of halogens is 1. The van der Waals surface area contributed by atoms with Gasteiger partial charge in [0.1, 0.15) is 45.4 Å². The number of carbonyl (C=O) groups excluding carboxylic acids is 2. The van der Waals surface area contributed by atoms with E-state index in [2.05, 4.69) is 19.2 Å². The third-order valence-corrected chi connectivity index (χ3v) is 9.05. The zero-order chi connectivity index (χ0) is 31.9. The predicted octanol–water partition coefficient (Wildman–Crippen LogP) is 6.41. The Hall–Kier alpha value is -3.83. The van der Waals surface area contributed by atoms with Crippen molar-refractivity contribution < 1.29 is 23.5 Å². The van der Waals surface area contributed by atoms with E-state index >= 15 is 0 Å². The van der Waals surface area contributed by atoms with E-state index in [1.807, 2.05) is 51.3 Å². The monoisotopic (exact) mass is 639 g/mol. The van der Waals surface area contributed by atoms with Gasteiger partial charge < -0.3 is 29.8 Å². The van der Waals surface area contributed by atoms with Crippen LogP contribution in [-0.4, -0.2) is 58.5 Å². The maximum Gasteiger partial charge on any atom is 0.246 e. The molecule has 1 aromatic carbocycles. The molecule has 234 valence electrons. The first-order chi connectivity index (χ1) is 20.8. The number of aryl methyl sites for hydroxylation is 1. The number of anilines is 1. The molecule has 3 unspecified atom stereocenters. The fourth-order valence-electron chi connectivity index (χ4n) is 5.39. The Morgan fingerprint density at radius 1 is 1.20 bits per heavy atom. The second-order valence-corrected chi connectivity index (χ2v) is 13.7. The summed E-state index contributed by atoms with van der Waals surface area (Å²) in [6.07, 6.45) is 1.18. The molecule has 0 aliphatic carbocycles. The van der Waals surface area contributed by atoms with Crippen LogP contribution in [0.5, 0.6) is 11.5 Å². The second kappa shape index (κ2) is 12.3. The normalized spacial score (nSPS) is 17.7. The minimum absolute atomic E-state index is 0.162. The van der Waals surface area contributed by atoms with Crippen LogP contribution in [0, 0.1) is 12.3 Å². The summed E-state index contributed by atoms with van der Waals surface area (Å²) in [5, 5.41) is 7.09. The molecular formula is C32H38ClN5O5S. The Kier molecular flexibility index (Phi) is 8.82. The predicted molar refractivity (Wildman–Crippen MR) is 173 cm³/mol. The molecule has 3 atom stereocenters. The van der Waals surface area contributed by atoms with Crippen LogP contribution in [0.15, 0.2) is 40.3 Å². The van der Waals surface area contributed by atoms with Gasteiger partial charge in [0.05, 0.1) is 31.1 Å². The number of hydrogen-bond donors (Lipinski definition) is 2. The van der Waals surface area contributed by atoms with Crippen LogP contribution < -0.4 is 20.5 Å². The molecule has 12 heteroatoms. The SMILES string of the molecule is COc1ccc2c(OC3CC(C(N)=O)N(C(=O)C(Nc4occc4Cl)C(C)(C)C)C3)cc(-c3nc(C(C)C)cs3)nc2c1C. The summed E-state index contributed by atoms with van der Waals surface area (Å²) in [6, 6.07) is 5.65. The first-order valence-electron chi connectivity index (χ1n) is 14.5. The van der Waals surface area contributed by atoms with Gasteiger partial charge in [-0.2, -0.15) is 0 Å². The molecule has 5 rings (SSSR count). The number of likely N-dealkylation sites (tertiary alicyclic amines) is 1. The topological polar surface area (TPSA) is 133 Å². The number of furan rings is 1. The number of ether oxygens (including phenoxy) is 2. The Bertz CT molecular complexity index is 1690. The van der Waals surface area contributed by atoms with Crippen LogP contribution in [0.4, 0.5) is 5.88 Å². The van der Waals surface area contributed by atoms with E-state index in [0.717, 1.165) is 27.2 Å². The molecule has 0 radical (unpaired) electrons. The number of benzene rings is 1. The minimum Gasteiger partial charge on any atom is -0.496 e. The number of nitrogens with two attached hydrogens (primary N) is 1. The molecule has 1 saturated heterocycles. The molecule has 3 N–H and O–H groups in total. The van der Waals surface area contributed by atoms with Crippen LogP contribution >= 0.6 is 22.9 Å². The highest BCUT2D eigenvalue weighted by Crippen LogP contribution is 2.38. The summed E-state index contributed by atoms with van der Waals surface area (Å²) in [5.74, 6) is 0.946. The summed E-state index contributed by atoms with van der Waals surface area (Å²) < 4.78 is 17.6. The Balaban J connectivity index is 1.50. The summed E-state index contributed by atoms with van der Waals surface area (Å²) in [5.41, 5.74) is 8.54. The van der Waals surface area contributed by atoms with Gasteiger partial charge in [-0.1, -0.05) is 46.2 Å². The van der Waals surface area contributed by atoms with Crippen molar-refractivity contribution in [1.82, 2.24) is 14.9 Å². The third kappa shape index (κ3) is 6.21. The van der Waals surface area contributed by atoms with E-state index in [4.69, 9.17) is 41.2 Å². The lowest BCUT2D eigenvalue weighted by atomic mass is 9.85. The molecule has 4 heterocycles. The molecule has 44 heavy (non-hydrogen) atoms. The third-order valence-electron chi connectivity index (χ3n) is 7.87. The number of primary amides is 1. The fraction of sp³-hybridized carbons (Fsp3) is 0.438. The van der Waals surface area contributed by atoms with E-state index in [1.54, 1.807) is 13.2 Å². The number of nitrogens with zero attached hydrogens (tertiary/aromatic N) is 3. The van der Waals surface area contributed by atoms with Crippen molar-refractivity contribution in [1.29, 1.82) is 0 Å². The van der Waals surface area contributed by atoms with Crippen LogP contribution in [-0.2, 0) is 9.59 Å². The van der Waals surface area contributed by atoms with Crippen molar-refractivity contribution in [3.8, 4) is 22.2 Å². The van der Waals surface area contributed by atoms with Crippen molar-refractivity contribution in [3.63, 3.8) is 0 Å². The summed E-state index contributed by atoms with van der Waals surface area (Å²) in [7, 11) is 1.62. The smallest absolute Gasteiger partial charge is 0.246 e. The molecule has 1 fully saturated rings. The van der Waals surface area contributed by atoms with Gasteiger partial charge >= 0.3 is 0 Å². The average molecular weight is 640 g/mol. The minimum atomic E-state index is -0.854. The van der Waals surface area contributed by atoms with Gasteiger partial charge in [-0.05, 0) is 36.5 Å².